The summed E-state index contributed by atoms with van der Waals surface area (Å²) in [6.45, 7) is 3.80. The van der Waals surface area contributed by atoms with E-state index in [0.29, 0.717) is 32.9 Å². The molecule has 0 aliphatic rings. The smallest absolute Gasteiger partial charge is 0.255 e. The number of anilines is 3. The average Bonchev–Trinajstić information content (AvgIpc) is 2.56. The summed E-state index contributed by atoms with van der Waals surface area (Å²) in [6, 6.07) is 13.9. The number of hydrogen-bond donors (Lipinski definition) is 2. The number of nitrogens with zero attached hydrogens (tertiary/aromatic N) is 2. The van der Waals surface area contributed by atoms with E-state index < -0.39 is 0 Å². The molecule has 132 valence electrons. The lowest BCUT2D eigenvalue weighted by Gasteiger charge is -2.10. The molecule has 26 heavy (non-hydrogen) atoms. The summed E-state index contributed by atoms with van der Waals surface area (Å²) in [6.07, 6.45) is 0. The van der Waals surface area contributed by atoms with Crippen molar-refractivity contribution in [3.63, 3.8) is 0 Å². The van der Waals surface area contributed by atoms with E-state index in [2.05, 4.69) is 20.6 Å². The van der Waals surface area contributed by atoms with Gasteiger partial charge in [-0.2, -0.15) is 0 Å². The molecule has 0 aliphatic heterocycles. The van der Waals surface area contributed by atoms with Crippen molar-refractivity contribution in [1.29, 1.82) is 0 Å². The largest absolute Gasteiger partial charge is 0.324 e. The summed E-state index contributed by atoms with van der Waals surface area (Å²) in [4.78, 5) is 21.2. The first-order valence-corrected chi connectivity index (χ1v) is 8.62. The Morgan fingerprint density at radius 2 is 1.69 bits per heavy atom. The van der Waals surface area contributed by atoms with Gasteiger partial charge in [-0.25, -0.2) is 9.97 Å². The van der Waals surface area contributed by atoms with Crippen LogP contribution >= 0.6 is 23.2 Å². The van der Waals surface area contributed by atoms with Crippen LogP contribution in [0.5, 0.6) is 0 Å². The molecule has 0 unspecified atom stereocenters. The van der Waals surface area contributed by atoms with Crippen molar-refractivity contribution in [2.75, 3.05) is 10.6 Å². The number of benzene rings is 2. The molecular weight excluding hydrogens is 371 g/mol. The number of aryl methyl sites for hydroxylation is 2. The zero-order chi connectivity index (χ0) is 18.7. The maximum Gasteiger partial charge on any atom is 0.255 e. The zero-order valence-electron chi connectivity index (χ0n) is 14.2. The molecule has 1 aromatic heterocycles. The van der Waals surface area contributed by atoms with E-state index >= 15 is 0 Å². The first kappa shape index (κ1) is 18.2. The van der Waals surface area contributed by atoms with Crippen LogP contribution in [0.2, 0.25) is 10.0 Å². The SMILES string of the molecule is Cc1cc(C)nc(Nc2cccc(C(=O)Nc3ccc(Cl)cc3Cl)c2)n1. The molecule has 3 aromatic rings. The molecule has 0 atom stereocenters. The highest BCUT2D eigenvalue weighted by Gasteiger charge is 2.10. The molecule has 0 saturated heterocycles. The van der Waals surface area contributed by atoms with E-state index in [1.807, 2.05) is 26.0 Å². The molecule has 1 amide bonds. The number of amides is 1. The molecule has 0 aliphatic carbocycles. The van der Waals surface area contributed by atoms with E-state index in [1.165, 1.54) is 0 Å². The van der Waals surface area contributed by atoms with Gasteiger partial charge in [0.15, 0.2) is 0 Å². The maximum atomic E-state index is 12.5. The van der Waals surface area contributed by atoms with Gasteiger partial charge in [0.2, 0.25) is 5.95 Å². The summed E-state index contributed by atoms with van der Waals surface area (Å²) < 4.78 is 0. The fourth-order valence-electron chi connectivity index (χ4n) is 2.43. The van der Waals surface area contributed by atoms with E-state index in [9.17, 15) is 4.79 Å². The first-order chi connectivity index (χ1) is 12.4. The Labute approximate surface area is 161 Å². The van der Waals surface area contributed by atoms with Gasteiger partial charge in [0.05, 0.1) is 10.7 Å². The van der Waals surface area contributed by atoms with Crippen molar-refractivity contribution in [2.45, 2.75) is 13.8 Å². The van der Waals surface area contributed by atoms with Gasteiger partial charge in [-0.05, 0) is 56.3 Å². The molecule has 2 aromatic carbocycles. The Hall–Kier alpha value is -2.63. The molecule has 0 spiro atoms. The average molecular weight is 387 g/mol. The second kappa shape index (κ2) is 7.72. The zero-order valence-corrected chi connectivity index (χ0v) is 15.7. The number of carbonyl (C=O) groups is 1. The highest BCUT2D eigenvalue weighted by molar-refractivity contribution is 6.36. The normalized spacial score (nSPS) is 10.5. The Balaban J connectivity index is 1.78. The number of rotatable bonds is 4. The minimum absolute atomic E-state index is 0.279. The minimum atomic E-state index is -0.279. The summed E-state index contributed by atoms with van der Waals surface area (Å²) in [5.41, 5.74) is 3.42. The number of aromatic nitrogens is 2. The molecule has 3 rings (SSSR count). The van der Waals surface area contributed by atoms with Crippen molar-refractivity contribution in [3.8, 4) is 0 Å². The summed E-state index contributed by atoms with van der Waals surface area (Å²) in [7, 11) is 0. The molecule has 0 bridgehead atoms. The van der Waals surface area contributed by atoms with Crippen LogP contribution in [0.15, 0.2) is 48.5 Å². The van der Waals surface area contributed by atoms with Gasteiger partial charge in [0.1, 0.15) is 0 Å². The number of nitrogens with one attached hydrogen (secondary N) is 2. The third-order valence-electron chi connectivity index (χ3n) is 3.54. The third kappa shape index (κ3) is 4.50. The van der Waals surface area contributed by atoms with Crippen molar-refractivity contribution < 1.29 is 4.79 Å². The van der Waals surface area contributed by atoms with Crippen LogP contribution in [-0.4, -0.2) is 15.9 Å². The quantitative estimate of drug-likeness (QED) is 0.629. The van der Waals surface area contributed by atoms with Crippen molar-refractivity contribution in [3.05, 3.63) is 75.5 Å². The number of halogens is 2. The van der Waals surface area contributed by atoms with Gasteiger partial charge in [0.25, 0.3) is 5.91 Å². The molecule has 0 saturated carbocycles. The predicted molar refractivity (Wildman–Crippen MR) is 106 cm³/mol. The van der Waals surface area contributed by atoms with E-state index in [-0.39, 0.29) is 5.91 Å². The Kier molecular flexibility index (Phi) is 5.40. The van der Waals surface area contributed by atoms with E-state index in [4.69, 9.17) is 23.2 Å². The summed E-state index contributed by atoms with van der Waals surface area (Å²) in [5.74, 6) is 0.208. The minimum Gasteiger partial charge on any atom is -0.324 e. The standard InChI is InChI=1S/C19H16Cl2N4O/c1-11-8-12(2)23-19(22-11)24-15-5-3-4-13(9-15)18(26)25-17-7-6-14(20)10-16(17)21/h3-10H,1-2H3,(H,25,26)(H,22,23,24). The van der Waals surface area contributed by atoms with Crippen LogP contribution in [0.4, 0.5) is 17.3 Å². The van der Waals surface area contributed by atoms with Crippen LogP contribution in [0.1, 0.15) is 21.7 Å². The fourth-order valence-corrected chi connectivity index (χ4v) is 2.89. The molecule has 0 fully saturated rings. The van der Waals surface area contributed by atoms with Crippen LogP contribution in [-0.2, 0) is 0 Å². The van der Waals surface area contributed by atoms with Crippen LogP contribution < -0.4 is 10.6 Å². The maximum absolute atomic E-state index is 12.5. The second-order valence-corrected chi connectivity index (χ2v) is 6.60. The fraction of sp³-hybridized carbons (Fsp3) is 0.105. The summed E-state index contributed by atoms with van der Waals surface area (Å²) >= 11 is 12.0. The first-order valence-electron chi connectivity index (χ1n) is 7.86. The van der Waals surface area contributed by atoms with Crippen LogP contribution in [0.25, 0.3) is 0 Å². The van der Waals surface area contributed by atoms with Crippen LogP contribution in [0, 0.1) is 13.8 Å². The highest BCUT2D eigenvalue weighted by atomic mass is 35.5. The molecule has 2 N–H and O–H groups in total. The molecule has 1 heterocycles. The van der Waals surface area contributed by atoms with E-state index in [0.717, 1.165) is 11.4 Å². The predicted octanol–water partition coefficient (Wildman–Crippen LogP) is 5.40. The van der Waals surface area contributed by atoms with Gasteiger partial charge in [-0.15, -0.1) is 0 Å². The lowest BCUT2D eigenvalue weighted by molar-refractivity contribution is 0.102. The third-order valence-corrected chi connectivity index (χ3v) is 4.09. The van der Waals surface area contributed by atoms with Gasteiger partial charge >= 0.3 is 0 Å². The number of hydrogen-bond acceptors (Lipinski definition) is 4. The topological polar surface area (TPSA) is 66.9 Å². The molecule has 7 heteroatoms. The highest BCUT2D eigenvalue weighted by Crippen LogP contribution is 2.26. The monoisotopic (exact) mass is 386 g/mol. The number of carbonyl (C=O) groups excluding carboxylic acids is 1. The van der Waals surface area contributed by atoms with E-state index in [1.54, 1.807) is 36.4 Å². The van der Waals surface area contributed by atoms with Gasteiger partial charge in [0, 0.05) is 27.7 Å². The van der Waals surface area contributed by atoms with Crippen molar-refractivity contribution in [1.82, 2.24) is 9.97 Å². The van der Waals surface area contributed by atoms with Crippen LogP contribution in [0.3, 0.4) is 0 Å². The Morgan fingerprint density at radius 1 is 0.962 bits per heavy atom. The molecule has 5 nitrogen and oxygen atoms in total. The second-order valence-electron chi connectivity index (χ2n) is 5.76. The van der Waals surface area contributed by atoms with Crippen molar-refractivity contribution >= 4 is 46.4 Å². The Bertz CT molecular complexity index is 955. The van der Waals surface area contributed by atoms with Gasteiger partial charge in [-0.3, -0.25) is 4.79 Å². The lowest BCUT2D eigenvalue weighted by Crippen LogP contribution is -2.12. The lowest BCUT2D eigenvalue weighted by atomic mass is 10.2. The molecular formula is C19H16Cl2N4O. The Morgan fingerprint density at radius 3 is 2.38 bits per heavy atom. The summed E-state index contributed by atoms with van der Waals surface area (Å²) in [5, 5.41) is 6.78. The molecule has 0 radical (unpaired) electrons. The van der Waals surface area contributed by atoms with Crippen molar-refractivity contribution in [2.24, 2.45) is 0 Å². The van der Waals surface area contributed by atoms with Gasteiger partial charge in [-0.1, -0.05) is 29.3 Å². The van der Waals surface area contributed by atoms with Gasteiger partial charge < -0.3 is 10.6 Å².